The van der Waals surface area contributed by atoms with Crippen molar-refractivity contribution < 1.29 is 9.53 Å². The molecule has 0 radical (unpaired) electrons. The van der Waals surface area contributed by atoms with Crippen molar-refractivity contribution in [1.29, 1.82) is 0 Å². The van der Waals surface area contributed by atoms with E-state index in [2.05, 4.69) is 45.2 Å². The zero-order valence-corrected chi connectivity index (χ0v) is 10.2. The second-order valence-electron chi connectivity index (χ2n) is 2.50. The molecule has 0 saturated carbocycles. The Kier molecular flexibility index (Phi) is 2.28. The lowest BCUT2D eigenvalue weighted by atomic mass is 10.1. The van der Waals surface area contributed by atoms with E-state index in [1.807, 2.05) is 12.1 Å². The Morgan fingerprint density at radius 2 is 2.08 bits per heavy atom. The molecule has 0 spiro atoms. The van der Waals surface area contributed by atoms with Gasteiger partial charge in [-0.05, 0) is 57.3 Å². The topological polar surface area (TPSA) is 26.3 Å². The molecule has 1 aliphatic rings. The van der Waals surface area contributed by atoms with Gasteiger partial charge in [0.1, 0.15) is 6.61 Å². The SMILES string of the molecule is O=C1OCc2cc(I)cc(I)c21. The average molecular weight is 386 g/mol. The number of carbonyl (C=O) groups is 1. The highest BCUT2D eigenvalue weighted by Gasteiger charge is 2.23. The summed E-state index contributed by atoms with van der Waals surface area (Å²) in [5.41, 5.74) is 1.76. The van der Waals surface area contributed by atoms with Crippen LogP contribution in [0.5, 0.6) is 0 Å². The maximum atomic E-state index is 11.2. The number of hydrogen-bond acceptors (Lipinski definition) is 2. The van der Waals surface area contributed by atoms with Gasteiger partial charge in [-0.25, -0.2) is 4.79 Å². The predicted octanol–water partition coefficient (Wildman–Crippen LogP) is 2.57. The van der Waals surface area contributed by atoms with Crippen molar-refractivity contribution in [3.8, 4) is 0 Å². The van der Waals surface area contributed by atoms with Crippen LogP contribution in [0.25, 0.3) is 0 Å². The summed E-state index contributed by atoms with van der Waals surface area (Å²) < 4.78 is 7.04. The summed E-state index contributed by atoms with van der Waals surface area (Å²) in [6, 6.07) is 3.97. The monoisotopic (exact) mass is 386 g/mol. The summed E-state index contributed by atoms with van der Waals surface area (Å²) in [5, 5.41) is 0. The highest BCUT2D eigenvalue weighted by molar-refractivity contribution is 14.1. The molecule has 0 atom stereocenters. The zero-order chi connectivity index (χ0) is 8.72. The first-order valence-electron chi connectivity index (χ1n) is 3.33. The predicted molar refractivity (Wildman–Crippen MR) is 61.0 cm³/mol. The second kappa shape index (κ2) is 3.13. The number of hydrogen-bond donors (Lipinski definition) is 0. The maximum Gasteiger partial charge on any atom is 0.339 e. The first-order chi connectivity index (χ1) is 5.68. The highest BCUT2D eigenvalue weighted by Crippen LogP contribution is 2.26. The molecule has 0 amide bonds. The molecule has 0 unspecified atom stereocenters. The van der Waals surface area contributed by atoms with Crippen molar-refractivity contribution >= 4 is 51.2 Å². The van der Waals surface area contributed by atoms with Crippen LogP contribution in [0, 0.1) is 7.14 Å². The van der Waals surface area contributed by atoms with Crippen molar-refractivity contribution in [2.75, 3.05) is 0 Å². The molecular formula is C8H4I2O2. The van der Waals surface area contributed by atoms with Crippen LogP contribution in [0.15, 0.2) is 12.1 Å². The number of cyclic esters (lactones) is 1. The molecule has 0 saturated heterocycles. The number of fused-ring (bicyclic) bond motifs is 1. The van der Waals surface area contributed by atoms with Crippen LogP contribution in [0.3, 0.4) is 0 Å². The fourth-order valence-corrected chi connectivity index (χ4v) is 3.37. The van der Waals surface area contributed by atoms with Gasteiger partial charge in [-0.3, -0.25) is 0 Å². The first-order valence-corrected chi connectivity index (χ1v) is 5.49. The van der Waals surface area contributed by atoms with Gasteiger partial charge in [-0.1, -0.05) is 0 Å². The number of esters is 1. The highest BCUT2D eigenvalue weighted by atomic mass is 127. The number of halogens is 2. The Balaban J connectivity index is 2.68. The van der Waals surface area contributed by atoms with Crippen LogP contribution < -0.4 is 0 Å². The van der Waals surface area contributed by atoms with Gasteiger partial charge >= 0.3 is 5.97 Å². The molecular weight excluding hydrogens is 382 g/mol. The molecule has 0 N–H and O–H groups in total. The molecule has 12 heavy (non-hydrogen) atoms. The van der Waals surface area contributed by atoms with Gasteiger partial charge in [-0.2, -0.15) is 0 Å². The van der Waals surface area contributed by atoms with Crippen molar-refractivity contribution in [2.45, 2.75) is 6.61 Å². The first kappa shape index (κ1) is 8.74. The molecule has 1 heterocycles. The van der Waals surface area contributed by atoms with E-state index in [4.69, 9.17) is 4.74 Å². The summed E-state index contributed by atoms with van der Waals surface area (Å²) in [4.78, 5) is 11.2. The van der Waals surface area contributed by atoms with Crippen molar-refractivity contribution in [3.05, 3.63) is 30.4 Å². The van der Waals surface area contributed by atoms with E-state index in [0.29, 0.717) is 6.61 Å². The Morgan fingerprint density at radius 3 is 2.83 bits per heavy atom. The van der Waals surface area contributed by atoms with Crippen LogP contribution in [0.4, 0.5) is 0 Å². The van der Waals surface area contributed by atoms with E-state index in [0.717, 1.165) is 18.3 Å². The maximum absolute atomic E-state index is 11.2. The summed E-state index contributed by atoms with van der Waals surface area (Å²) in [6.07, 6.45) is 0. The number of ether oxygens (including phenoxy) is 1. The normalized spacial score (nSPS) is 14.3. The molecule has 2 nitrogen and oxygen atoms in total. The van der Waals surface area contributed by atoms with Crippen molar-refractivity contribution in [2.24, 2.45) is 0 Å². The van der Waals surface area contributed by atoms with Crippen LogP contribution in [-0.4, -0.2) is 5.97 Å². The molecule has 0 aliphatic carbocycles. The van der Waals surface area contributed by atoms with Gasteiger partial charge < -0.3 is 4.74 Å². The zero-order valence-electron chi connectivity index (χ0n) is 5.93. The quantitative estimate of drug-likeness (QED) is 0.507. The summed E-state index contributed by atoms with van der Waals surface area (Å²) in [6.45, 7) is 0.432. The molecule has 0 bridgehead atoms. The van der Waals surface area contributed by atoms with Crippen LogP contribution in [-0.2, 0) is 11.3 Å². The molecule has 0 aromatic heterocycles. The van der Waals surface area contributed by atoms with E-state index < -0.39 is 0 Å². The Morgan fingerprint density at radius 1 is 1.33 bits per heavy atom. The molecule has 1 aliphatic heterocycles. The third kappa shape index (κ3) is 1.34. The van der Waals surface area contributed by atoms with E-state index in [-0.39, 0.29) is 5.97 Å². The molecule has 2 rings (SSSR count). The van der Waals surface area contributed by atoms with Crippen LogP contribution in [0.2, 0.25) is 0 Å². The summed E-state index contributed by atoms with van der Waals surface area (Å²) in [5.74, 6) is -0.189. The molecule has 4 heteroatoms. The Hall–Kier alpha value is 0.150. The average Bonchev–Trinajstić information content (AvgIpc) is 2.31. The standard InChI is InChI=1S/C8H4I2O2/c9-5-1-4-3-12-8(11)7(4)6(10)2-5/h1-2H,3H2. The third-order valence-electron chi connectivity index (χ3n) is 1.70. The van der Waals surface area contributed by atoms with Crippen molar-refractivity contribution in [3.63, 3.8) is 0 Å². The van der Waals surface area contributed by atoms with Crippen LogP contribution in [0.1, 0.15) is 15.9 Å². The molecule has 62 valence electrons. The smallest absolute Gasteiger partial charge is 0.339 e. The Labute approximate surface area is 97.0 Å². The van der Waals surface area contributed by atoms with Gasteiger partial charge in [0.2, 0.25) is 0 Å². The van der Waals surface area contributed by atoms with Gasteiger partial charge in [0.15, 0.2) is 0 Å². The Bertz CT molecular complexity index is 360. The van der Waals surface area contributed by atoms with E-state index >= 15 is 0 Å². The van der Waals surface area contributed by atoms with E-state index in [1.165, 1.54) is 0 Å². The van der Waals surface area contributed by atoms with Gasteiger partial charge in [0, 0.05) is 12.7 Å². The lowest BCUT2D eigenvalue weighted by Gasteiger charge is -1.98. The number of rotatable bonds is 0. The van der Waals surface area contributed by atoms with E-state index in [9.17, 15) is 4.79 Å². The number of carbonyl (C=O) groups excluding carboxylic acids is 1. The summed E-state index contributed by atoms with van der Waals surface area (Å²) in [7, 11) is 0. The minimum atomic E-state index is -0.189. The van der Waals surface area contributed by atoms with E-state index in [1.54, 1.807) is 0 Å². The molecule has 1 aromatic carbocycles. The van der Waals surface area contributed by atoms with Crippen molar-refractivity contribution in [1.82, 2.24) is 0 Å². The molecule has 1 aromatic rings. The minimum absolute atomic E-state index is 0.189. The fourth-order valence-electron chi connectivity index (χ4n) is 1.18. The minimum Gasteiger partial charge on any atom is -0.457 e. The summed E-state index contributed by atoms with van der Waals surface area (Å²) >= 11 is 4.40. The van der Waals surface area contributed by atoms with Gasteiger partial charge in [-0.15, -0.1) is 0 Å². The second-order valence-corrected chi connectivity index (χ2v) is 4.91. The van der Waals surface area contributed by atoms with Gasteiger partial charge in [0.05, 0.1) is 5.56 Å². The molecule has 0 fully saturated rings. The number of benzene rings is 1. The lowest BCUT2D eigenvalue weighted by molar-refractivity contribution is 0.0534. The fraction of sp³-hybridized carbons (Fsp3) is 0.125. The largest absolute Gasteiger partial charge is 0.457 e. The van der Waals surface area contributed by atoms with Crippen LogP contribution >= 0.6 is 45.2 Å². The van der Waals surface area contributed by atoms with Gasteiger partial charge in [0.25, 0.3) is 0 Å². The third-order valence-corrected chi connectivity index (χ3v) is 3.17. The lowest BCUT2D eigenvalue weighted by Crippen LogP contribution is -1.97.